The summed E-state index contributed by atoms with van der Waals surface area (Å²) in [5.74, 6) is 1.27. The van der Waals surface area contributed by atoms with Crippen molar-refractivity contribution in [2.75, 3.05) is 0 Å². The van der Waals surface area contributed by atoms with Crippen LogP contribution in [0, 0.1) is 11.8 Å². The molecule has 0 spiro atoms. The summed E-state index contributed by atoms with van der Waals surface area (Å²) in [6.45, 7) is 4.44. The number of hydrogen-bond acceptors (Lipinski definition) is 0. The van der Waals surface area contributed by atoms with Gasteiger partial charge in [-0.25, -0.2) is 4.39 Å². The maximum absolute atomic E-state index is 15.3. The molecule has 2 aliphatic rings. The van der Waals surface area contributed by atoms with Crippen LogP contribution in [0.3, 0.4) is 0 Å². The standard InChI is InChI=1S/C23H31F/c1-3-7-19-11-15-21(16-12-19)23(17-6-5-8-22(23)24)20-13-9-18(4-2)10-14-20/h5-6,8-10,13-14,17,19,21-22H,3-4,7,11-12,15-16H2,1-2H3/t19-,21-,22?,23?. The number of benzene rings is 1. The predicted molar refractivity (Wildman–Crippen MR) is 101 cm³/mol. The number of allylic oxidation sites excluding steroid dienone is 4. The van der Waals surface area contributed by atoms with Gasteiger partial charge in [0.1, 0.15) is 6.17 Å². The van der Waals surface area contributed by atoms with Gasteiger partial charge in [0.05, 0.1) is 5.41 Å². The number of halogens is 1. The van der Waals surface area contributed by atoms with E-state index in [1.807, 2.05) is 6.08 Å². The van der Waals surface area contributed by atoms with Crippen LogP contribution in [0.2, 0.25) is 0 Å². The van der Waals surface area contributed by atoms with Crippen molar-refractivity contribution in [1.29, 1.82) is 0 Å². The van der Waals surface area contributed by atoms with Gasteiger partial charge in [0, 0.05) is 0 Å². The Morgan fingerprint density at radius 3 is 2.29 bits per heavy atom. The fraction of sp³-hybridized carbons (Fsp3) is 0.565. The van der Waals surface area contributed by atoms with Gasteiger partial charge in [-0.2, -0.15) is 0 Å². The van der Waals surface area contributed by atoms with Gasteiger partial charge >= 0.3 is 0 Å². The molecule has 3 rings (SSSR count). The molecule has 0 saturated heterocycles. The monoisotopic (exact) mass is 326 g/mol. The molecule has 1 aromatic carbocycles. The smallest absolute Gasteiger partial charge is 0.132 e. The first kappa shape index (κ1) is 17.5. The van der Waals surface area contributed by atoms with Gasteiger partial charge in [-0.15, -0.1) is 0 Å². The molecule has 2 aliphatic carbocycles. The zero-order valence-electron chi connectivity index (χ0n) is 15.2. The fourth-order valence-corrected chi connectivity index (χ4v) is 4.85. The third-order valence-corrected chi connectivity index (χ3v) is 6.30. The molecule has 2 atom stereocenters. The average Bonchev–Trinajstić information content (AvgIpc) is 2.63. The van der Waals surface area contributed by atoms with E-state index in [0.717, 1.165) is 30.7 Å². The Morgan fingerprint density at radius 1 is 1.00 bits per heavy atom. The van der Waals surface area contributed by atoms with Crippen molar-refractivity contribution >= 4 is 0 Å². The minimum atomic E-state index is -0.914. The second-order valence-electron chi connectivity index (χ2n) is 7.64. The largest absolute Gasteiger partial charge is 0.242 e. The predicted octanol–water partition coefficient (Wildman–Crippen LogP) is 6.56. The number of rotatable bonds is 5. The van der Waals surface area contributed by atoms with Crippen LogP contribution in [0.25, 0.3) is 0 Å². The first-order valence-electron chi connectivity index (χ1n) is 9.80. The summed E-state index contributed by atoms with van der Waals surface area (Å²) in [5, 5.41) is 0. The summed E-state index contributed by atoms with van der Waals surface area (Å²) in [4.78, 5) is 0. The average molecular weight is 326 g/mol. The van der Waals surface area contributed by atoms with Crippen molar-refractivity contribution in [2.24, 2.45) is 11.8 Å². The second-order valence-corrected chi connectivity index (χ2v) is 7.64. The zero-order valence-corrected chi connectivity index (χ0v) is 15.2. The van der Waals surface area contributed by atoms with Crippen LogP contribution in [0.1, 0.15) is 63.5 Å². The van der Waals surface area contributed by atoms with Crippen molar-refractivity contribution in [3.05, 3.63) is 59.7 Å². The minimum absolute atomic E-state index is 0.411. The molecule has 0 bridgehead atoms. The molecule has 1 fully saturated rings. The van der Waals surface area contributed by atoms with Crippen LogP contribution in [-0.2, 0) is 11.8 Å². The van der Waals surface area contributed by atoms with E-state index < -0.39 is 11.6 Å². The van der Waals surface area contributed by atoms with Gasteiger partial charge < -0.3 is 0 Å². The molecule has 0 radical (unpaired) electrons. The molecular formula is C23H31F. The molecule has 0 aromatic heterocycles. The normalized spacial score (nSPS) is 32.9. The highest BCUT2D eigenvalue weighted by Crippen LogP contribution is 2.48. The zero-order chi connectivity index (χ0) is 17.0. The van der Waals surface area contributed by atoms with Crippen molar-refractivity contribution in [2.45, 2.75) is 70.4 Å². The van der Waals surface area contributed by atoms with Crippen LogP contribution >= 0.6 is 0 Å². The molecule has 0 nitrogen and oxygen atoms in total. The molecule has 130 valence electrons. The van der Waals surface area contributed by atoms with Gasteiger partial charge in [0.15, 0.2) is 0 Å². The van der Waals surface area contributed by atoms with Crippen LogP contribution < -0.4 is 0 Å². The van der Waals surface area contributed by atoms with Crippen molar-refractivity contribution in [3.8, 4) is 0 Å². The van der Waals surface area contributed by atoms with E-state index in [9.17, 15) is 0 Å². The number of hydrogen-bond donors (Lipinski definition) is 0. The first-order chi connectivity index (χ1) is 11.7. The molecule has 0 amide bonds. The summed E-state index contributed by atoms with van der Waals surface area (Å²) >= 11 is 0. The topological polar surface area (TPSA) is 0 Å². The van der Waals surface area contributed by atoms with E-state index >= 15 is 4.39 Å². The summed E-state index contributed by atoms with van der Waals surface area (Å²) in [5.41, 5.74) is 2.02. The second kappa shape index (κ2) is 7.68. The molecular weight excluding hydrogens is 295 g/mol. The molecule has 2 unspecified atom stereocenters. The Labute approximate surface area is 146 Å². The van der Waals surface area contributed by atoms with E-state index in [1.165, 1.54) is 31.2 Å². The Morgan fingerprint density at radius 2 is 1.71 bits per heavy atom. The molecule has 0 heterocycles. The maximum Gasteiger partial charge on any atom is 0.132 e. The lowest BCUT2D eigenvalue weighted by atomic mass is 9.60. The summed E-state index contributed by atoms with van der Waals surface area (Å²) in [6.07, 6.45) is 15.4. The highest BCUT2D eigenvalue weighted by molar-refractivity contribution is 5.41. The number of alkyl halides is 1. The van der Waals surface area contributed by atoms with Crippen LogP contribution in [0.5, 0.6) is 0 Å². The highest BCUT2D eigenvalue weighted by Gasteiger charge is 2.46. The van der Waals surface area contributed by atoms with Gasteiger partial charge in [-0.05, 0) is 48.3 Å². The quantitative estimate of drug-likeness (QED) is 0.575. The van der Waals surface area contributed by atoms with Crippen molar-refractivity contribution in [1.82, 2.24) is 0 Å². The van der Waals surface area contributed by atoms with E-state index in [2.05, 4.69) is 50.3 Å². The Kier molecular flexibility index (Phi) is 5.58. The Balaban J connectivity index is 1.89. The molecule has 1 heteroatoms. The minimum Gasteiger partial charge on any atom is -0.242 e. The van der Waals surface area contributed by atoms with Gasteiger partial charge in [-0.1, -0.05) is 82.0 Å². The SMILES string of the molecule is CCC[C@H]1CC[C@H](C2(c3ccc(CC)cc3)C=CC=CC2F)CC1. The van der Waals surface area contributed by atoms with Gasteiger partial charge in [0.25, 0.3) is 0 Å². The first-order valence-corrected chi connectivity index (χ1v) is 9.80. The molecule has 1 saturated carbocycles. The summed E-state index contributed by atoms with van der Waals surface area (Å²) in [6, 6.07) is 8.71. The van der Waals surface area contributed by atoms with E-state index in [4.69, 9.17) is 0 Å². The van der Waals surface area contributed by atoms with Crippen LogP contribution in [0.4, 0.5) is 4.39 Å². The fourth-order valence-electron chi connectivity index (χ4n) is 4.85. The summed E-state index contributed by atoms with van der Waals surface area (Å²) < 4.78 is 15.3. The van der Waals surface area contributed by atoms with Crippen LogP contribution in [0.15, 0.2) is 48.6 Å². The lowest BCUT2D eigenvalue weighted by molar-refractivity contribution is 0.136. The molecule has 1 aromatic rings. The summed E-state index contributed by atoms with van der Waals surface area (Å²) in [7, 11) is 0. The van der Waals surface area contributed by atoms with Crippen LogP contribution in [-0.4, -0.2) is 6.17 Å². The third-order valence-electron chi connectivity index (χ3n) is 6.30. The lowest BCUT2D eigenvalue weighted by Crippen LogP contribution is -2.44. The van der Waals surface area contributed by atoms with E-state index in [-0.39, 0.29) is 0 Å². The number of aryl methyl sites for hydroxylation is 1. The van der Waals surface area contributed by atoms with Crippen molar-refractivity contribution in [3.63, 3.8) is 0 Å². The van der Waals surface area contributed by atoms with Gasteiger partial charge in [0.2, 0.25) is 0 Å². The van der Waals surface area contributed by atoms with E-state index in [1.54, 1.807) is 6.08 Å². The third kappa shape index (κ3) is 3.23. The van der Waals surface area contributed by atoms with E-state index in [0.29, 0.717) is 5.92 Å². The van der Waals surface area contributed by atoms with Gasteiger partial charge in [-0.3, -0.25) is 0 Å². The molecule has 0 N–H and O–H groups in total. The Hall–Kier alpha value is -1.37. The molecule has 24 heavy (non-hydrogen) atoms. The lowest BCUT2D eigenvalue weighted by Gasteiger charge is -2.45. The Bertz CT molecular complexity index is 575. The maximum atomic E-state index is 15.3. The highest BCUT2D eigenvalue weighted by atomic mass is 19.1. The van der Waals surface area contributed by atoms with Crippen molar-refractivity contribution < 1.29 is 4.39 Å². The molecule has 0 aliphatic heterocycles.